The van der Waals surface area contributed by atoms with Crippen LogP contribution in [-0.2, 0) is 14.8 Å². The molecule has 3 rings (SSSR count). The molecule has 1 saturated carbocycles. The normalized spacial score (nSPS) is 19.3. The quantitative estimate of drug-likeness (QED) is 0.859. The number of hydrogen-bond acceptors (Lipinski definition) is 3. The van der Waals surface area contributed by atoms with Crippen molar-refractivity contribution in [2.24, 2.45) is 11.8 Å². The van der Waals surface area contributed by atoms with Gasteiger partial charge in [0.15, 0.2) is 0 Å². The molecule has 1 aliphatic rings. The lowest BCUT2D eigenvalue weighted by Gasteiger charge is -2.23. The molecule has 0 aliphatic heterocycles. The highest BCUT2D eigenvalue weighted by molar-refractivity contribution is 7.92. The zero-order chi connectivity index (χ0) is 18.0. The Morgan fingerprint density at radius 2 is 1.72 bits per heavy atom. The first-order valence-corrected chi connectivity index (χ1v) is 9.86. The van der Waals surface area contributed by atoms with Gasteiger partial charge in [0.25, 0.3) is 10.0 Å². The van der Waals surface area contributed by atoms with Gasteiger partial charge in [0.05, 0.1) is 10.6 Å². The number of hydrogen-bond donors (Lipinski definition) is 1. The molecule has 0 aromatic heterocycles. The van der Waals surface area contributed by atoms with E-state index in [2.05, 4.69) is 5.32 Å². The van der Waals surface area contributed by atoms with Crippen LogP contribution in [-0.4, -0.2) is 20.9 Å². The van der Waals surface area contributed by atoms with Crippen molar-refractivity contribution in [2.45, 2.75) is 25.2 Å². The van der Waals surface area contributed by atoms with E-state index in [0.29, 0.717) is 23.8 Å². The summed E-state index contributed by atoms with van der Waals surface area (Å²) >= 11 is 0. The number of nitrogens with one attached hydrogen (secondary N) is 1. The Labute approximate surface area is 148 Å². The van der Waals surface area contributed by atoms with Gasteiger partial charge in [0.2, 0.25) is 5.91 Å². The summed E-state index contributed by atoms with van der Waals surface area (Å²) in [5.74, 6) is 0.517. The first-order chi connectivity index (χ1) is 11.9. The molecular formula is C19H22N2O3S. The lowest BCUT2D eigenvalue weighted by Crippen LogP contribution is -2.30. The van der Waals surface area contributed by atoms with Crippen LogP contribution in [0.15, 0.2) is 59.5 Å². The molecule has 6 heteroatoms. The van der Waals surface area contributed by atoms with Crippen molar-refractivity contribution in [2.75, 3.05) is 16.2 Å². The van der Waals surface area contributed by atoms with Crippen molar-refractivity contribution in [1.82, 2.24) is 0 Å². The lowest BCUT2D eigenvalue weighted by atomic mass is 10.3. The number of carbonyl (C=O) groups excluding carboxylic acids is 1. The molecule has 25 heavy (non-hydrogen) atoms. The second-order valence-electron chi connectivity index (χ2n) is 6.34. The van der Waals surface area contributed by atoms with Crippen LogP contribution in [0, 0.1) is 11.8 Å². The molecule has 0 bridgehead atoms. The molecule has 0 spiro atoms. The number of para-hydroxylation sites is 1. The second kappa shape index (κ2) is 6.88. The fourth-order valence-corrected chi connectivity index (χ4v) is 4.32. The molecule has 132 valence electrons. The summed E-state index contributed by atoms with van der Waals surface area (Å²) in [5, 5.41) is 2.84. The smallest absolute Gasteiger partial charge is 0.264 e. The minimum absolute atomic E-state index is 0.00239. The van der Waals surface area contributed by atoms with Crippen molar-refractivity contribution >= 4 is 27.3 Å². The van der Waals surface area contributed by atoms with Crippen LogP contribution in [0.2, 0.25) is 0 Å². The third-order valence-electron chi connectivity index (χ3n) is 4.49. The minimum atomic E-state index is -3.64. The first-order valence-electron chi connectivity index (χ1n) is 8.42. The van der Waals surface area contributed by atoms with Crippen molar-refractivity contribution in [1.29, 1.82) is 0 Å². The largest absolute Gasteiger partial charge is 0.326 e. The number of amides is 1. The summed E-state index contributed by atoms with van der Waals surface area (Å²) in [6, 6.07) is 15.4. The predicted molar refractivity (Wildman–Crippen MR) is 99.0 cm³/mol. The molecule has 1 amide bonds. The Bertz CT molecular complexity index is 848. The fraction of sp³-hybridized carbons (Fsp3) is 0.316. The highest BCUT2D eigenvalue weighted by Gasteiger charge is 2.39. The van der Waals surface area contributed by atoms with Crippen LogP contribution in [0.3, 0.4) is 0 Å². The van der Waals surface area contributed by atoms with Crippen LogP contribution in [0.25, 0.3) is 0 Å². The molecule has 1 fully saturated rings. The minimum Gasteiger partial charge on any atom is -0.326 e. The van der Waals surface area contributed by atoms with E-state index in [1.165, 1.54) is 16.4 Å². The van der Waals surface area contributed by atoms with Gasteiger partial charge < -0.3 is 5.32 Å². The van der Waals surface area contributed by atoms with Crippen LogP contribution >= 0.6 is 0 Å². The van der Waals surface area contributed by atoms with Crippen molar-refractivity contribution < 1.29 is 13.2 Å². The predicted octanol–water partition coefficient (Wildman–Crippen LogP) is 3.50. The highest BCUT2D eigenvalue weighted by atomic mass is 32.2. The van der Waals surface area contributed by atoms with E-state index in [4.69, 9.17) is 0 Å². The molecule has 5 nitrogen and oxygen atoms in total. The fourth-order valence-electron chi connectivity index (χ4n) is 2.85. The van der Waals surface area contributed by atoms with E-state index in [-0.39, 0.29) is 16.7 Å². The van der Waals surface area contributed by atoms with Crippen LogP contribution in [0.5, 0.6) is 0 Å². The molecule has 0 unspecified atom stereocenters. The van der Waals surface area contributed by atoms with E-state index in [1.54, 1.807) is 31.2 Å². The third-order valence-corrected chi connectivity index (χ3v) is 6.40. The Kier molecular flexibility index (Phi) is 4.81. The molecule has 2 atom stereocenters. The molecular weight excluding hydrogens is 336 g/mol. The topological polar surface area (TPSA) is 66.5 Å². The van der Waals surface area contributed by atoms with Gasteiger partial charge in [-0.05, 0) is 55.7 Å². The SMILES string of the molecule is CCN(c1ccccc1)S(=O)(=O)c1ccc(NC(=O)[C@@H]2C[C@H]2C)cc1. The summed E-state index contributed by atoms with van der Waals surface area (Å²) < 4.78 is 27.2. The van der Waals surface area contributed by atoms with E-state index >= 15 is 0 Å². The molecule has 0 radical (unpaired) electrons. The van der Waals surface area contributed by atoms with Crippen LogP contribution in [0.4, 0.5) is 11.4 Å². The van der Waals surface area contributed by atoms with Gasteiger partial charge in [-0.25, -0.2) is 8.42 Å². The van der Waals surface area contributed by atoms with Gasteiger partial charge in [0.1, 0.15) is 0 Å². The number of anilines is 2. The summed E-state index contributed by atoms with van der Waals surface area (Å²) in [7, 11) is -3.64. The standard InChI is InChI=1S/C19H22N2O3S/c1-3-21(16-7-5-4-6-8-16)25(23,24)17-11-9-15(10-12-17)20-19(22)18-13-14(18)2/h4-12,14,18H,3,13H2,1-2H3,(H,20,22)/t14-,18-/m1/s1. The maximum Gasteiger partial charge on any atom is 0.264 e. The lowest BCUT2D eigenvalue weighted by molar-refractivity contribution is -0.117. The Morgan fingerprint density at radius 3 is 2.24 bits per heavy atom. The van der Waals surface area contributed by atoms with E-state index in [0.717, 1.165) is 6.42 Å². The first kappa shape index (κ1) is 17.5. The number of sulfonamides is 1. The summed E-state index contributed by atoms with van der Waals surface area (Å²) in [6.45, 7) is 4.18. The van der Waals surface area contributed by atoms with E-state index in [9.17, 15) is 13.2 Å². The molecule has 1 aliphatic carbocycles. The zero-order valence-electron chi connectivity index (χ0n) is 14.3. The Balaban J connectivity index is 1.79. The average molecular weight is 358 g/mol. The van der Waals surface area contributed by atoms with E-state index in [1.807, 2.05) is 25.1 Å². The molecule has 1 N–H and O–H groups in total. The monoisotopic (exact) mass is 358 g/mol. The van der Waals surface area contributed by atoms with Crippen molar-refractivity contribution in [3.63, 3.8) is 0 Å². The number of nitrogens with zero attached hydrogens (tertiary/aromatic N) is 1. The number of benzene rings is 2. The van der Waals surface area contributed by atoms with Crippen molar-refractivity contribution in [3.05, 3.63) is 54.6 Å². The Morgan fingerprint density at radius 1 is 1.12 bits per heavy atom. The van der Waals surface area contributed by atoms with Gasteiger partial charge in [-0.2, -0.15) is 0 Å². The molecule has 0 heterocycles. The van der Waals surface area contributed by atoms with Crippen molar-refractivity contribution in [3.8, 4) is 0 Å². The van der Waals surface area contributed by atoms with Gasteiger partial charge in [-0.1, -0.05) is 25.1 Å². The highest BCUT2D eigenvalue weighted by Crippen LogP contribution is 2.38. The Hall–Kier alpha value is -2.34. The maximum atomic E-state index is 12.9. The molecule has 0 saturated heterocycles. The number of rotatable bonds is 6. The van der Waals surface area contributed by atoms with Gasteiger partial charge in [0, 0.05) is 18.2 Å². The number of carbonyl (C=O) groups is 1. The van der Waals surface area contributed by atoms with Crippen LogP contribution in [0.1, 0.15) is 20.3 Å². The average Bonchev–Trinajstić information content (AvgIpc) is 3.34. The zero-order valence-corrected chi connectivity index (χ0v) is 15.2. The summed E-state index contributed by atoms with van der Waals surface area (Å²) in [4.78, 5) is 12.2. The molecule has 2 aromatic rings. The van der Waals surface area contributed by atoms with Gasteiger partial charge >= 0.3 is 0 Å². The van der Waals surface area contributed by atoms with E-state index < -0.39 is 10.0 Å². The summed E-state index contributed by atoms with van der Waals surface area (Å²) in [5.41, 5.74) is 1.25. The second-order valence-corrected chi connectivity index (χ2v) is 8.20. The van der Waals surface area contributed by atoms with Gasteiger partial charge in [-0.15, -0.1) is 0 Å². The third kappa shape index (κ3) is 3.69. The van der Waals surface area contributed by atoms with Crippen LogP contribution < -0.4 is 9.62 Å². The molecule has 2 aromatic carbocycles. The summed E-state index contributed by atoms with van der Waals surface area (Å²) in [6.07, 6.45) is 0.917. The maximum absolute atomic E-state index is 12.9. The van der Waals surface area contributed by atoms with Gasteiger partial charge in [-0.3, -0.25) is 9.10 Å².